The molecule has 1 aromatic heterocycles. The molecule has 1 aromatic rings. The van der Waals surface area contributed by atoms with Gasteiger partial charge in [0, 0.05) is 17.3 Å². The minimum Gasteiger partial charge on any atom is -0.264 e. The van der Waals surface area contributed by atoms with Crippen LogP contribution in [-0.2, 0) is 0 Å². The first-order valence-electron chi connectivity index (χ1n) is 2.37. The molecule has 0 N–H and O–H groups in total. The van der Waals surface area contributed by atoms with Crippen LogP contribution in [0.1, 0.15) is 0 Å². The third-order valence-electron chi connectivity index (χ3n) is 0.779. The largest absolute Gasteiger partial charge is 0.264 e. The summed E-state index contributed by atoms with van der Waals surface area (Å²) in [4.78, 5) is 5.15. The maximum absolute atomic E-state index is 3.96. The van der Waals surface area contributed by atoms with Crippen LogP contribution < -0.4 is 0 Å². The van der Waals surface area contributed by atoms with E-state index in [4.69, 9.17) is 0 Å². The van der Waals surface area contributed by atoms with Gasteiger partial charge >= 0.3 is 0 Å². The molecule has 0 saturated heterocycles. The van der Waals surface area contributed by atoms with Crippen molar-refractivity contribution >= 4 is 29.6 Å². The fourth-order valence-electron chi connectivity index (χ4n) is 0.452. The number of aromatic nitrogens is 1. The highest BCUT2D eigenvalue weighted by molar-refractivity contribution is 8.94. The standard InChI is InChI=1S/C5H6NPS2/c7-9-8-5-2-1-3-6-4-5/h1-4H,7H2. The van der Waals surface area contributed by atoms with Crippen LogP contribution in [0.15, 0.2) is 29.4 Å². The van der Waals surface area contributed by atoms with Crippen molar-refractivity contribution in [1.82, 2.24) is 4.98 Å². The van der Waals surface area contributed by atoms with E-state index in [-0.39, 0.29) is 0 Å². The maximum atomic E-state index is 3.96. The topological polar surface area (TPSA) is 12.9 Å². The number of hydrogen-bond donors (Lipinski definition) is 0. The molecule has 0 aliphatic carbocycles. The monoisotopic (exact) mass is 175 g/mol. The predicted molar refractivity (Wildman–Crippen MR) is 47.4 cm³/mol. The molecule has 0 aliphatic heterocycles. The Kier molecular flexibility index (Phi) is 3.41. The molecule has 1 atom stereocenters. The summed E-state index contributed by atoms with van der Waals surface area (Å²) in [5.74, 6) is 0. The van der Waals surface area contributed by atoms with Gasteiger partial charge in [-0.25, -0.2) is 0 Å². The molecule has 0 aromatic carbocycles. The van der Waals surface area contributed by atoms with E-state index in [1.165, 1.54) is 4.90 Å². The fourth-order valence-corrected chi connectivity index (χ4v) is 2.43. The van der Waals surface area contributed by atoms with E-state index < -0.39 is 0 Å². The van der Waals surface area contributed by atoms with Crippen LogP contribution in [-0.4, -0.2) is 4.98 Å². The van der Waals surface area contributed by atoms with Crippen LogP contribution in [0.4, 0.5) is 0 Å². The third-order valence-corrected chi connectivity index (χ3v) is 3.04. The van der Waals surface area contributed by atoms with Gasteiger partial charge in [0.15, 0.2) is 0 Å². The fraction of sp³-hybridized carbons (Fsp3) is 0. The molecular weight excluding hydrogens is 169 g/mol. The zero-order valence-electron chi connectivity index (χ0n) is 4.65. The van der Waals surface area contributed by atoms with Crippen LogP contribution in [0.25, 0.3) is 0 Å². The quantitative estimate of drug-likeness (QED) is 0.506. The maximum Gasteiger partial charge on any atom is 0.0412 e. The number of hydrogen-bond acceptors (Lipinski definition) is 3. The molecular formula is C5H6NPS2. The second-order valence-electron chi connectivity index (χ2n) is 1.37. The Labute approximate surface area is 64.4 Å². The normalized spacial score (nSPS) is 9.44. The van der Waals surface area contributed by atoms with Crippen molar-refractivity contribution in [2.24, 2.45) is 0 Å². The molecule has 0 bridgehead atoms. The molecule has 0 radical (unpaired) electrons. The summed E-state index contributed by atoms with van der Waals surface area (Å²) in [6, 6.07) is 3.97. The van der Waals surface area contributed by atoms with Crippen molar-refractivity contribution in [2.75, 3.05) is 0 Å². The highest BCUT2D eigenvalue weighted by Crippen LogP contribution is 2.34. The Bertz CT molecular complexity index is 168. The number of rotatable bonds is 2. The summed E-state index contributed by atoms with van der Waals surface area (Å²) in [5, 5.41) is 0. The molecule has 4 heteroatoms. The number of pyridine rings is 1. The van der Waals surface area contributed by atoms with Gasteiger partial charge in [-0.1, -0.05) is 29.6 Å². The molecule has 0 amide bonds. The summed E-state index contributed by atoms with van der Waals surface area (Å²) in [6.07, 6.45) is 3.62. The van der Waals surface area contributed by atoms with E-state index in [1.54, 1.807) is 27.4 Å². The van der Waals surface area contributed by atoms with Gasteiger partial charge < -0.3 is 0 Å². The zero-order valence-corrected chi connectivity index (χ0v) is 7.44. The molecule has 1 heterocycles. The minimum atomic E-state index is 1.19. The first kappa shape index (κ1) is 7.39. The lowest BCUT2D eigenvalue weighted by Crippen LogP contribution is -1.67. The summed E-state index contributed by atoms with van der Waals surface area (Å²) in [5.41, 5.74) is 0. The summed E-state index contributed by atoms with van der Waals surface area (Å²) in [6.45, 7) is 0. The third kappa shape index (κ3) is 2.57. The van der Waals surface area contributed by atoms with Gasteiger partial charge in [0.25, 0.3) is 0 Å². The van der Waals surface area contributed by atoms with Crippen molar-refractivity contribution in [3.8, 4) is 0 Å². The van der Waals surface area contributed by atoms with Crippen molar-refractivity contribution in [3.05, 3.63) is 24.5 Å². The van der Waals surface area contributed by atoms with Gasteiger partial charge in [-0.3, -0.25) is 4.98 Å². The smallest absolute Gasteiger partial charge is 0.0412 e. The van der Waals surface area contributed by atoms with Gasteiger partial charge in [0.2, 0.25) is 0 Å². The van der Waals surface area contributed by atoms with Crippen LogP contribution in [0, 0.1) is 0 Å². The highest BCUT2D eigenvalue weighted by atomic mass is 33.3. The van der Waals surface area contributed by atoms with Gasteiger partial charge in [0.1, 0.15) is 0 Å². The Morgan fingerprint density at radius 3 is 3.00 bits per heavy atom. The van der Waals surface area contributed by atoms with Crippen molar-refractivity contribution in [1.29, 1.82) is 0 Å². The zero-order chi connectivity index (χ0) is 6.53. The van der Waals surface area contributed by atoms with E-state index in [0.717, 1.165) is 0 Å². The van der Waals surface area contributed by atoms with E-state index >= 15 is 0 Å². The van der Waals surface area contributed by atoms with Crippen molar-refractivity contribution in [3.63, 3.8) is 0 Å². The van der Waals surface area contributed by atoms with E-state index in [2.05, 4.69) is 13.4 Å². The van der Waals surface area contributed by atoms with Crippen LogP contribution in [0.3, 0.4) is 0 Å². The lowest BCUT2D eigenvalue weighted by molar-refractivity contribution is 1.24. The Balaban J connectivity index is 2.61. The lowest BCUT2D eigenvalue weighted by atomic mass is 10.5. The first-order chi connectivity index (χ1) is 4.43. The molecule has 0 fully saturated rings. The van der Waals surface area contributed by atoms with Crippen LogP contribution in [0.2, 0.25) is 0 Å². The van der Waals surface area contributed by atoms with Gasteiger partial charge in [-0.05, 0) is 12.1 Å². The molecule has 48 valence electrons. The van der Waals surface area contributed by atoms with E-state index in [0.29, 0.717) is 0 Å². The SMILES string of the molecule is PSSc1cccnc1. The van der Waals surface area contributed by atoms with E-state index in [1.807, 2.05) is 18.3 Å². The second kappa shape index (κ2) is 4.15. The average molecular weight is 175 g/mol. The van der Waals surface area contributed by atoms with Gasteiger partial charge in [0.05, 0.1) is 0 Å². The molecule has 1 rings (SSSR count). The summed E-state index contributed by atoms with van der Waals surface area (Å²) < 4.78 is 0. The van der Waals surface area contributed by atoms with E-state index in [9.17, 15) is 0 Å². The molecule has 1 nitrogen and oxygen atoms in total. The average Bonchev–Trinajstić information content (AvgIpc) is 1.91. The molecule has 0 aliphatic rings. The van der Waals surface area contributed by atoms with Crippen molar-refractivity contribution < 1.29 is 0 Å². The van der Waals surface area contributed by atoms with Gasteiger partial charge in [-0.15, -0.1) is 0 Å². The molecule has 1 unspecified atom stereocenters. The Hall–Kier alpha value is 0.280. The Morgan fingerprint density at radius 1 is 1.56 bits per heavy atom. The van der Waals surface area contributed by atoms with Gasteiger partial charge in [-0.2, -0.15) is 0 Å². The number of nitrogens with zero attached hydrogens (tertiary/aromatic N) is 1. The highest BCUT2D eigenvalue weighted by Gasteiger charge is 1.87. The van der Waals surface area contributed by atoms with Crippen molar-refractivity contribution in [2.45, 2.75) is 4.90 Å². The lowest BCUT2D eigenvalue weighted by Gasteiger charge is -1.91. The second-order valence-corrected chi connectivity index (χ2v) is 5.01. The molecule has 0 saturated carbocycles. The minimum absolute atomic E-state index is 1.19. The van der Waals surface area contributed by atoms with Crippen LogP contribution in [0.5, 0.6) is 0 Å². The predicted octanol–water partition coefficient (Wildman–Crippen LogP) is 2.61. The Morgan fingerprint density at radius 2 is 2.44 bits per heavy atom. The molecule has 9 heavy (non-hydrogen) atoms. The summed E-state index contributed by atoms with van der Waals surface area (Å²) in [7, 11) is 5.92. The molecule has 0 spiro atoms. The summed E-state index contributed by atoms with van der Waals surface area (Å²) >= 11 is 0. The first-order valence-corrected chi connectivity index (χ1v) is 5.99. The van der Waals surface area contributed by atoms with Crippen LogP contribution >= 0.6 is 29.6 Å².